The highest BCUT2D eigenvalue weighted by atomic mass is 16.5. The fourth-order valence-electron chi connectivity index (χ4n) is 3.96. The maximum absolute atomic E-state index is 5.97. The molecule has 0 bridgehead atoms. The average molecular weight is 427 g/mol. The molecule has 0 saturated heterocycles. The molecule has 4 aromatic rings. The molecule has 0 amide bonds. The molecule has 5 rings (SSSR count). The molecule has 3 aromatic heterocycles. The van der Waals surface area contributed by atoms with E-state index in [2.05, 4.69) is 47.0 Å². The highest BCUT2D eigenvalue weighted by Gasteiger charge is 2.16. The lowest BCUT2D eigenvalue weighted by molar-refractivity contribution is 0.259. The number of fused-ring (bicyclic) bond motifs is 1. The first-order valence-corrected chi connectivity index (χ1v) is 10.9. The van der Waals surface area contributed by atoms with E-state index in [1.807, 2.05) is 41.5 Å². The first kappa shape index (κ1) is 20.3. The quantitative estimate of drug-likeness (QED) is 0.483. The van der Waals surface area contributed by atoms with E-state index in [1.165, 1.54) is 5.56 Å². The smallest absolute Gasteiger partial charge is 0.133 e. The summed E-state index contributed by atoms with van der Waals surface area (Å²) in [6.07, 6.45) is 8.11. The van der Waals surface area contributed by atoms with Gasteiger partial charge in [-0.3, -0.25) is 14.6 Å². The molecule has 0 saturated carbocycles. The number of aromatic nitrogens is 5. The maximum Gasteiger partial charge on any atom is 0.133 e. The zero-order valence-corrected chi connectivity index (χ0v) is 18.4. The minimum Gasteiger partial charge on any atom is -0.492 e. The summed E-state index contributed by atoms with van der Waals surface area (Å²) in [6.45, 7) is 5.40. The van der Waals surface area contributed by atoms with Crippen LogP contribution in [-0.2, 0) is 19.5 Å². The van der Waals surface area contributed by atoms with E-state index in [0.29, 0.717) is 13.0 Å². The van der Waals surface area contributed by atoms with Crippen LogP contribution in [0.5, 0.6) is 5.75 Å². The van der Waals surface area contributed by atoms with Gasteiger partial charge in [0, 0.05) is 67.5 Å². The van der Waals surface area contributed by atoms with Crippen molar-refractivity contribution in [3.05, 3.63) is 78.1 Å². The molecule has 1 aliphatic rings. The summed E-state index contributed by atoms with van der Waals surface area (Å²) >= 11 is 0. The molecule has 0 spiro atoms. The van der Waals surface area contributed by atoms with Crippen molar-refractivity contribution in [1.29, 1.82) is 0 Å². The summed E-state index contributed by atoms with van der Waals surface area (Å²) < 4.78 is 7.90. The Morgan fingerprint density at radius 2 is 2.06 bits per heavy atom. The van der Waals surface area contributed by atoms with Crippen LogP contribution in [0.15, 0.2) is 61.2 Å². The van der Waals surface area contributed by atoms with Crippen LogP contribution in [0.1, 0.15) is 23.9 Å². The van der Waals surface area contributed by atoms with Gasteiger partial charge in [0.15, 0.2) is 0 Å². The van der Waals surface area contributed by atoms with E-state index in [-0.39, 0.29) is 0 Å². The normalized spacial score (nSPS) is 13.9. The Morgan fingerprint density at radius 1 is 1.12 bits per heavy atom. The second kappa shape index (κ2) is 8.88. The molecule has 7 nitrogen and oxygen atoms in total. The van der Waals surface area contributed by atoms with Crippen molar-refractivity contribution >= 4 is 0 Å². The van der Waals surface area contributed by atoms with Crippen LogP contribution in [0.2, 0.25) is 0 Å². The van der Waals surface area contributed by atoms with Gasteiger partial charge < -0.3 is 4.74 Å². The van der Waals surface area contributed by atoms with Gasteiger partial charge in [0.25, 0.3) is 0 Å². The Labute approximate surface area is 187 Å². The van der Waals surface area contributed by atoms with Crippen LogP contribution >= 0.6 is 0 Å². The minimum atomic E-state index is 0.643. The molecule has 162 valence electrons. The van der Waals surface area contributed by atoms with Crippen molar-refractivity contribution in [3.8, 4) is 28.3 Å². The molecule has 7 heteroatoms. The fraction of sp³-hybridized carbons (Fsp3) is 0.280. The summed E-state index contributed by atoms with van der Waals surface area (Å²) in [5.74, 6) is 1.74. The number of likely N-dealkylation sites (N-methyl/N-ethyl adjacent to an activating group) is 1. The van der Waals surface area contributed by atoms with Crippen molar-refractivity contribution in [1.82, 2.24) is 29.6 Å². The van der Waals surface area contributed by atoms with E-state index in [4.69, 9.17) is 14.8 Å². The van der Waals surface area contributed by atoms with Gasteiger partial charge in [0.2, 0.25) is 0 Å². The van der Waals surface area contributed by atoms with Gasteiger partial charge in [0.05, 0.1) is 5.69 Å². The number of ether oxygens (including phenoxy) is 1. The standard InChI is InChI=1S/C25H26N6O/c1-3-31-17-21(25(29-31)19-5-4-9-26-15-19)22-8-10-27-24(28-22)14-18-6-7-20-16-30(2)11-12-32-23(20)13-18/h4-10,13,15,17H,3,11-12,14,16H2,1-2H3. The summed E-state index contributed by atoms with van der Waals surface area (Å²) in [7, 11) is 2.12. The van der Waals surface area contributed by atoms with Gasteiger partial charge in [0.1, 0.15) is 23.9 Å². The Bertz CT molecular complexity index is 1220. The third kappa shape index (κ3) is 4.24. The van der Waals surface area contributed by atoms with E-state index in [0.717, 1.165) is 59.3 Å². The summed E-state index contributed by atoms with van der Waals surface area (Å²) in [6, 6.07) is 12.3. The molecule has 32 heavy (non-hydrogen) atoms. The molecule has 0 unspecified atom stereocenters. The zero-order chi connectivity index (χ0) is 21.9. The Balaban J connectivity index is 1.45. The zero-order valence-electron chi connectivity index (χ0n) is 18.4. The van der Waals surface area contributed by atoms with Gasteiger partial charge in [-0.2, -0.15) is 5.10 Å². The molecule has 0 radical (unpaired) electrons. The summed E-state index contributed by atoms with van der Waals surface area (Å²) in [5.41, 5.74) is 6.06. The maximum atomic E-state index is 5.97. The Kier molecular flexibility index (Phi) is 5.64. The number of hydrogen-bond donors (Lipinski definition) is 0. The van der Waals surface area contributed by atoms with Gasteiger partial charge in [-0.05, 0) is 43.8 Å². The highest BCUT2D eigenvalue weighted by Crippen LogP contribution is 2.30. The van der Waals surface area contributed by atoms with Gasteiger partial charge in [-0.15, -0.1) is 0 Å². The van der Waals surface area contributed by atoms with Crippen LogP contribution in [0.25, 0.3) is 22.5 Å². The third-order valence-corrected chi connectivity index (χ3v) is 5.67. The minimum absolute atomic E-state index is 0.643. The number of rotatable bonds is 5. The predicted molar refractivity (Wildman–Crippen MR) is 123 cm³/mol. The average Bonchev–Trinajstić information content (AvgIpc) is 3.17. The molecule has 0 aliphatic carbocycles. The number of aryl methyl sites for hydroxylation is 1. The lowest BCUT2D eigenvalue weighted by Gasteiger charge is -2.12. The van der Waals surface area contributed by atoms with E-state index in [9.17, 15) is 0 Å². The second-order valence-electron chi connectivity index (χ2n) is 8.05. The first-order valence-electron chi connectivity index (χ1n) is 10.9. The third-order valence-electron chi connectivity index (χ3n) is 5.67. The largest absolute Gasteiger partial charge is 0.492 e. The van der Waals surface area contributed by atoms with Gasteiger partial charge in [-0.25, -0.2) is 9.97 Å². The highest BCUT2D eigenvalue weighted by molar-refractivity contribution is 5.78. The number of nitrogens with zero attached hydrogens (tertiary/aromatic N) is 6. The van der Waals surface area contributed by atoms with Crippen molar-refractivity contribution < 1.29 is 4.74 Å². The Hall–Kier alpha value is -3.58. The number of pyridine rings is 1. The number of benzene rings is 1. The summed E-state index contributed by atoms with van der Waals surface area (Å²) in [5, 5.41) is 4.75. The molecule has 0 atom stereocenters. The van der Waals surface area contributed by atoms with Crippen LogP contribution < -0.4 is 4.74 Å². The van der Waals surface area contributed by atoms with Crippen LogP contribution in [0, 0.1) is 0 Å². The molecular formula is C25H26N6O. The van der Waals surface area contributed by atoms with Crippen molar-refractivity contribution in [2.24, 2.45) is 0 Å². The SMILES string of the molecule is CCn1cc(-c2ccnc(Cc3ccc4c(c3)OCCN(C)C4)n2)c(-c2cccnc2)n1. The van der Waals surface area contributed by atoms with E-state index < -0.39 is 0 Å². The molecule has 4 heterocycles. The molecule has 1 aromatic carbocycles. The molecule has 0 N–H and O–H groups in total. The van der Waals surface area contributed by atoms with Gasteiger partial charge in [-0.1, -0.05) is 12.1 Å². The van der Waals surface area contributed by atoms with Crippen molar-refractivity contribution in [2.45, 2.75) is 26.4 Å². The topological polar surface area (TPSA) is 69.0 Å². The first-order chi connectivity index (χ1) is 15.7. The molecule has 0 fully saturated rings. The molecular weight excluding hydrogens is 400 g/mol. The Morgan fingerprint density at radius 3 is 2.91 bits per heavy atom. The lowest BCUT2D eigenvalue weighted by Crippen LogP contribution is -2.20. The van der Waals surface area contributed by atoms with E-state index in [1.54, 1.807) is 6.20 Å². The summed E-state index contributed by atoms with van der Waals surface area (Å²) in [4.78, 5) is 15.9. The van der Waals surface area contributed by atoms with Crippen LogP contribution in [0.3, 0.4) is 0 Å². The van der Waals surface area contributed by atoms with Gasteiger partial charge >= 0.3 is 0 Å². The molecule has 1 aliphatic heterocycles. The van der Waals surface area contributed by atoms with Crippen molar-refractivity contribution in [2.75, 3.05) is 20.2 Å². The van der Waals surface area contributed by atoms with Crippen LogP contribution in [0.4, 0.5) is 0 Å². The van der Waals surface area contributed by atoms with Crippen molar-refractivity contribution in [3.63, 3.8) is 0 Å². The number of hydrogen-bond acceptors (Lipinski definition) is 6. The predicted octanol–water partition coefficient (Wildman–Crippen LogP) is 3.84. The van der Waals surface area contributed by atoms with Crippen LogP contribution in [-0.4, -0.2) is 49.8 Å². The van der Waals surface area contributed by atoms with E-state index >= 15 is 0 Å². The lowest BCUT2D eigenvalue weighted by atomic mass is 10.1. The monoisotopic (exact) mass is 426 g/mol. The fourth-order valence-corrected chi connectivity index (χ4v) is 3.96. The second-order valence-corrected chi connectivity index (χ2v) is 8.05.